The van der Waals surface area contributed by atoms with Gasteiger partial charge in [-0.3, -0.25) is 4.79 Å². The van der Waals surface area contributed by atoms with Gasteiger partial charge in [0.25, 0.3) is 0 Å². The van der Waals surface area contributed by atoms with Crippen LogP contribution in [0.25, 0.3) is 0 Å². The molecule has 0 aliphatic heterocycles. The smallest absolute Gasteiger partial charge is 0.313 e. The first kappa shape index (κ1) is 9.71. The molecule has 2 fully saturated rings. The summed E-state index contributed by atoms with van der Waals surface area (Å²) in [5.41, 5.74) is 5.74. The first-order chi connectivity index (χ1) is 6.26. The molecular formula is C11H17NO2. The maximum absolute atomic E-state index is 11.3. The van der Waals surface area contributed by atoms with Crippen LogP contribution in [0.5, 0.6) is 0 Å². The molecule has 0 aromatic rings. The van der Waals surface area contributed by atoms with E-state index in [-0.39, 0.29) is 11.0 Å². The summed E-state index contributed by atoms with van der Waals surface area (Å²) in [7, 11) is 0. The van der Waals surface area contributed by atoms with Gasteiger partial charge in [-0.2, -0.15) is 0 Å². The molecule has 2 rings (SSSR count). The average molecular weight is 195 g/mol. The maximum atomic E-state index is 11.3. The summed E-state index contributed by atoms with van der Waals surface area (Å²) in [6.45, 7) is 7.99. The van der Waals surface area contributed by atoms with Gasteiger partial charge in [0.15, 0.2) is 0 Å². The topological polar surface area (TPSA) is 63.3 Å². The summed E-state index contributed by atoms with van der Waals surface area (Å²) in [6, 6.07) is 0. The molecule has 14 heavy (non-hydrogen) atoms. The fraction of sp³-hybridized carbons (Fsp3) is 0.727. The number of carboxylic acid groups (broad SMARTS) is 1. The molecule has 78 valence electrons. The molecule has 0 unspecified atom stereocenters. The van der Waals surface area contributed by atoms with Gasteiger partial charge in [-0.15, -0.1) is 0 Å². The average Bonchev–Trinajstić information content (AvgIpc) is 2.49. The second-order valence-electron chi connectivity index (χ2n) is 5.32. The molecule has 0 aromatic heterocycles. The van der Waals surface area contributed by atoms with E-state index < -0.39 is 11.4 Å². The molecule has 0 heterocycles. The SMILES string of the molecule is C=C1C(C)(C)[C@@]2(N)CC[C@]1(C(=O)O)C2. The van der Waals surface area contributed by atoms with Gasteiger partial charge in [-0.25, -0.2) is 0 Å². The van der Waals surface area contributed by atoms with E-state index in [0.717, 1.165) is 12.0 Å². The summed E-state index contributed by atoms with van der Waals surface area (Å²) >= 11 is 0. The van der Waals surface area contributed by atoms with Gasteiger partial charge in [-0.1, -0.05) is 26.0 Å². The predicted molar refractivity (Wildman–Crippen MR) is 53.8 cm³/mol. The Morgan fingerprint density at radius 2 is 2.07 bits per heavy atom. The first-order valence-electron chi connectivity index (χ1n) is 4.98. The van der Waals surface area contributed by atoms with Crippen molar-refractivity contribution >= 4 is 5.97 Å². The maximum Gasteiger partial charge on any atom is 0.313 e. The Hall–Kier alpha value is -0.830. The Bertz CT molecular complexity index is 334. The van der Waals surface area contributed by atoms with Gasteiger partial charge >= 0.3 is 5.97 Å². The number of carbonyl (C=O) groups is 1. The minimum absolute atomic E-state index is 0.246. The lowest BCUT2D eigenvalue weighted by molar-refractivity contribution is -0.146. The van der Waals surface area contributed by atoms with Crippen LogP contribution in [-0.4, -0.2) is 16.6 Å². The fourth-order valence-corrected chi connectivity index (χ4v) is 3.15. The first-order valence-corrected chi connectivity index (χ1v) is 4.98. The van der Waals surface area contributed by atoms with Crippen LogP contribution >= 0.6 is 0 Å². The van der Waals surface area contributed by atoms with E-state index in [9.17, 15) is 9.90 Å². The van der Waals surface area contributed by atoms with Crippen molar-refractivity contribution in [2.45, 2.75) is 38.6 Å². The van der Waals surface area contributed by atoms with E-state index in [1.807, 2.05) is 13.8 Å². The summed E-state index contributed by atoms with van der Waals surface area (Å²) in [6.07, 6.45) is 2.01. The van der Waals surface area contributed by atoms with Gasteiger partial charge in [0.1, 0.15) is 0 Å². The van der Waals surface area contributed by atoms with E-state index in [1.165, 1.54) is 0 Å². The van der Waals surface area contributed by atoms with Gasteiger partial charge in [-0.05, 0) is 19.3 Å². The van der Waals surface area contributed by atoms with Crippen LogP contribution in [0.15, 0.2) is 12.2 Å². The zero-order valence-corrected chi connectivity index (χ0v) is 8.76. The molecule has 0 saturated heterocycles. The molecule has 2 saturated carbocycles. The second-order valence-corrected chi connectivity index (χ2v) is 5.32. The summed E-state index contributed by atoms with van der Waals surface area (Å²) in [4.78, 5) is 11.3. The molecule has 0 spiro atoms. The van der Waals surface area contributed by atoms with Crippen molar-refractivity contribution < 1.29 is 9.90 Å². The Morgan fingerprint density at radius 1 is 1.50 bits per heavy atom. The van der Waals surface area contributed by atoms with E-state index in [1.54, 1.807) is 0 Å². The highest BCUT2D eigenvalue weighted by atomic mass is 16.4. The molecule has 3 N–H and O–H groups in total. The third kappa shape index (κ3) is 0.753. The Balaban J connectivity index is 2.54. The van der Waals surface area contributed by atoms with E-state index in [4.69, 9.17) is 5.73 Å². The minimum Gasteiger partial charge on any atom is -0.481 e. The molecule has 2 aliphatic carbocycles. The Morgan fingerprint density at radius 3 is 2.36 bits per heavy atom. The van der Waals surface area contributed by atoms with Gasteiger partial charge in [0.05, 0.1) is 5.41 Å². The van der Waals surface area contributed by atoms with Crippen LogP contribution in [0.1, 0.15) is 33.1 Å². The summed E-state index contributed by atoms with van der Waals surface area (Å²) < 4.78 is 0. The van der Waals surface area contributed by atoms with Crippen LogP contribution in [0.3, 0.4) is 0 Å². The van der Waals surface area contributed by atoms with Gasteiger partial charge in [0, 0.05) is 11.0 Å². The molecule has 0 amide bonds. The number of aliphatic carboxylic acids is 1. The largest absolute Gasteiger partial charge is 0.481 e. The summed E-state index contributed by atoms with van der Waals surface area (Å²) in [5, 5.41) is 9.29. The quantitative estimate of drug-likeness (QED) is 0.624. The molecule has 2 bridgehead atoms. The van der Waals surface area contributed by atoms with Crippen molar-refractivity contribution in [3.8, 4) is 0 Å². The third-order valence-electron chi connectivity index (χ3n) is 4.60. The molecule has 3 heteroatoms. The van der Waals surface area contributed by atoms with Crippen LogP contribution < -0.4 is 5.73 Å². The van der Waals surface area contributed by atoms with Crippen molar-refractivity contribution in [1.82, 2.24) is 0 Å². The van der Waals surface area contributed by atoms with E-state index in [2.05, 4.69) is 6.58 Å². The van der Waals surface area contributed by atoms with Crippen molar-refractivity contribution in [3.05, 3.63) is 12.2 Å². The zero-order valence-electron chi connectivity index (χ0n) is 8.76. The lowest BCUT2D eigenvalue weighted by atomic mass is 9.66. The number of carboxylic acids is 1. The van der Waals surface area contributed by atoms with Gasteiger partial charge in [0.2, 0.25) is 0 Å². The minimum atomic E-state index is -0.750. The van der Waals surface area contributed by atoms with Crippen LogP contribution in [0, 0.1) is 10.8 Å². The Labute approximate surface area is 84.0 Å². The lowest BCUT2D eigenvalue weighted by Gasteiger charge is -2.41. The highest BCUT2D eigenvalue weighted by Gasteiger charge is 2.67. The van der Waals surface area contributed by atoms with Crippen molar-refractivity contribution in [1.29, 1.82) is 0 Å². The van der Waals surface area contributed by atoms with Crippen molar-refractivity contribution in [2.75, 3.05) is 0 Å². The zero-order chi connectivity index (χ0) is 10.8. The highest BCUT2D eigenvalue weighted by Crippen LogP contribution is 2.66. The third-order valence-corrected chi connectivity index (χ3v) is 4.60. The fourth-order valence-electron chi connectivity index (χ4n) is 3.15. The number of nitrogens with two attached hydrogens (primary N) is 1. The van der Waals surface area contributed by atoms with Crippen LogP contribution in [0.2, 0.25) is 0 Å². The molecule has 2 atom stereocenters. The van der Waals surface area contributed by atoms with E-state index >= 15 is 0 Å². The number of rotatable bonds is 1. The second kappa shape index (κ2) is 2.22. The summed E-state index contributed by atoms with van der Waals surface area (Å²) in [5.74, 6) is -0.750. The predicted octanol–water partition coefficient (Wildman–Crippen LogP) is 1.53. The molecule has 0 aromatic carbocycles. The standard InChI is InChI=1S/C11H17NO2/c1-7-9(2,3)11(12)5-4-10(7,6-11)8(13)14/h1,4-6,12H2,2-3H3,(H,13,14)/t10-,11+/m0/s1. The Kier molecular flexibility index (Phi) is 1.54. The van der Waals surface area contributed by atoms with Crippen LogP contribution in [-0.2, 0) is 4.79 Å². The number of fused-ring (bicyclic) bond motifs is 2. The highest BCUT2D eigenvalue weighted by molar-refractivity contribution is 5.81. The number of hydrogen-bond donors (Lipinski definition) is 2. The van der Waals surface area contributed by atoms with Crippen molar-refractivity contribution in [2.24, 2.45) is 16.6 Å². The molecular weight excluding hydrogens is 178 g/mol. The van der Waals surface area contributed by atoms with Crippen LogP contribution in [0.4, 0.5) is 0 Å². The van der Waals surface area contributed by atoms with E-state index in [0.29, 0.717) is 12.8 Å². The number of hydrogen-bond acceptors (Lipinski definition) is 2. The normalized spacial score (nSPS) is 44.4. The molecule has 3 nitrogen and oxygen atoms in total. The van der Waals surface area contributed by atoms with Crippen molar-refractivity contribution in [3.63, 3.8) is 0 Å². The van der Waals surface area contributed by atoms with Gasteiger partial charge < -0.3 is 10.8 Å². The molecule has 2 aliphatic rings. The molecule has 0 radical (unpaired) electrons. The lowest BCUT2D eigenvalue weighted by Crippen LogP contribution is -2.49. The monoisotopic (exact) mass is 195 g/mol.